The average Bonchev–Trinajstić information content (AvgIpc) is 2.62. The second-order valence-corrected chi connectivity index (χ2v) is 5.56. The predicted molar refractivity (Wildman–Crippen MR) is 86.6 cm³/mol. The van der Waals surface area contributed by atoms with E-state index in [1.165, 1.54) is 30.5 Å². The third kappa shape index (κ3) is 4.11. The predicted octanol–water partition coefficient (Wildman–Crippen LogP) is 3.30. The number of hydrogen-bond donors (Lipinski definition) is 0. The lowest BCUT2D eigenvalue weighted by Crippen LogP contribution is -2.18. The van der Waals surface area contributed by atoms with E-state index >= 15 is 0 Å². The van der Waals surface area contributed by atoms with Crippen molar-refractivity contribution in [1.82, 2.24) is 4.98 Å². The maximum absolute atomic E-state index is 12.1. The number of ether oxygens (including phenoxy) is 3. The molecule has 3 rings (SSSR count). The van der Waals surface area contributed by atoms with E-state index in [9.17, 15) is 14.9 Å². The van der Waals surface area contributed by atoms with Gasteiger partial charge in [-0.2, -0.15) is 0 Å². The first-order valence-corrected chi connectivity index (χ1v) is 7.77. The monoisotopic (exact) mass is 364 g/mol. The lowest BCUT2D eigenvalue weighted by atomic mass is 10.1. The van der Waals surface area contributed by atoms with Gasteiger partial charge in [0.2, 0.25) is 5.75 Å². The van der Waals surface area contributed by atoms with Gasteiger partial charge < -0.3 is 14.2 Å². The zero-order valence-electron chi connectivity index (χ0n) is 12.9. The Morgan fingerprint density at radius 1 is 1.28 bits per heavy atom. The third-order valence-corrected chi connectivity index (χ3v) is 3.65. The van der Waals surface area contributed by atoms with E-state index in [0.29, 0.717) is 18.8 Å². The Labute approximate surface area is 147 Å². The summed E-state index contributed by atoms with van der Waals surface area (Å²) in [5.41, 5.74) is 0.263. The van der Waals surface area contributed by atoms with Crippen molar-refractivity contribution in [2.45, 2.75) is 12.7 Å². The number of esters is 1. The summed E-state index contributed by atoms with van der Waals surface area (Å²) >= 11 is 5.73. The number of rotatable bonds is 4. The highest BCUT2D eigenvalue weighted by molar-refractivity contribution is 6.29. The Morgan fingerprint density at radius 2 is 2.04 bits per heavy atom. The fourth-order valence-corrected chi connectivity index (χ4v) is 2.45. The van der Waals surface area contributed by atoms with Gasteiger partial charge in [-0.1, -0.05) is 11.6 Å². The molecule has 0 aliphatic carbocycles. The van der Waals surface area contributed by atoms with Gasteiger partial charge in [0, 0.05) is 17.8 Å². The highest BCUT2D eigenvalue weighted by atomic mass is 35.5. The lowest BCUT2D eigenvalue weighted by Gasteiger charge is -2.23. The summed E-state index contributed by atoms with van der Waals surface area (Å²) in [6.07, 6.45) is 1.44. The maximum atomic E-state index is 12.1. The molecular formula is C16H13ClN2O6. The van der Waals surface area contributed by atoms with Gasteiger partial charge in [-0.05, 0) is 30.7 Å². The van der Waals surface area contributed by atoms with E-state index in [1.807, 2.05) is 0 Å². The van der Waals surface area contributed by atoms with E-state index in [1.54, 1.807) is 6.07 Å². The molecule has 0 amide bonds. The van der Waals surface area contributed by atoms with E-state index < -0.39 is 17.2 Å². The minimum atomic E-state index is -0.773. The summed E-state index contributed by atoms with van der Waals surface area (Å²) in [7, 11) is 0. The molecule has 1 aromatic carbocycles. The second kappa shape index (κ2) is 7.56. The molecule has 0 spiro atoms. The zero-order valence-corrected chi connectivity index (χ0v) is 13.6. The lowest BCUT2D eigenvalue weighted by molar-refractivity contribution is -0.385. The quantitative estimate of drug-likeness (QED) is 0.270. The van der Waals surface area contributed by atoms with Crippen LogP contribution >= 0.6 is 11.6 Å². The first kappa shape index (κ1) is 17.3. The van der Waals surface area contributed by atoms with Crippen molar-refractivity contribution in [3.8, 4) is 5.75 Å². The van der Waals surface area contributed by atoms with Gasteiger partial charge >= 0.3 is 11.7 Å². The highest BCUT2D eigenvalue weighted by Gasteiger charge is 2.24. The number of nitro benzene ring substituents is 1. The smallest absolute Gasteiger partial charge is 0.343 e. The standard InChI is InChI=1S/C16H13ClN2O6/c17-14-9-10(4-5-18-14)15(20)25-13-3-2-11(8-12(13)19(21)22)16-23-6-1-7-24-16/h2-5,8-9,16H,1,6-7H2. The highest BCUT2D eigenvalue weighted by Crippen LogP contribution is 2.33. The molecule has 2 heterocycles. The van der Waals surface area contributed by atoms with E-state index in [0.717, 1.165) is 6.42 Å². The molecule has 1 saturated heterocycles. The molecule has 0 atom stereocenters. The summed E-state index contributed by atoms with van der Waals surface area (Å²) < 4.78 is 16.0. The summed E-state index contributed by atoms with van der Waals surface area (Å²) in [6, 6.07) is 6.89. The molecule has 0 unspecified atom stereocenters. The molecule has 25 heavy (non-hydrogen) atoms. The molecule has 9 heteroatoms. The van der Waals surface area contributed by atoms with Gasteiger partial charge in [0.25, 0.3) is 0 Å². The van der Waals surface area contributed by atoms with Crippen LogP contribution in [0.5, 0.6) is 5.75 Å². The molecule has 0 N–H and O–H groups in total. The number of hydrogen-bond acceptors (Lipinski definition) is 7. The number of nitro groups is 1. The minimum Gasteiger partial charge on any atom is -0.416 e. The Bertz CT molecular complexity index is 807. The number of nitrogens with zero attached hydrogens (tertiary/aromatic N) is 2. The molecule has 1 fully saturated rings. The van der Waals surface area contributed by atoms with Crippen LogP contribution in [0.15, 0.2) is 36.5 Å². The van der Waals surface area contributed by atoms with Gasteiger partial charge in [-0.3, -0.25) is 10.1 Å². The van der Waals surface area contributed by atoms with Crippen molar-refractivity contribution in [2.24, 2.45) is 0 Å². The van der Waals surface area contributed by atoms with Crippen LogP contribution in [-0.4, -0.2) is 29.1 Å². The van der Waals surface area contributed by atoms with Crippen molar-refractivity contribution in [2.75, 3.05) is 13.2 Å². The van der Waals surface area contributed by atoms with Crippen LogP contribution in [0.25, 0.3) is 0 Å². The normalized spacial score (nSPS) is 14.9. The molecule has 0 bridgehead atoms. The van der Waals surface area contributed by atoms with Crippen LogP contribution in [0.3, 0.4) is 0 Å². The van der Waals surface area contributed by atoms with Crippen LogP contribution in [0, 0.1) is 10.1 Å². The Kier molecular flexibility index (Phi) is 5.22. The van der Waals surface area contributed by atoms with Crippen molar-refractivity contribution in [1.29, 1.82) is 0 Å². The number of benzene rings is 1. The Morgan fingerprint density at radius 3 is 2.72 bits per heavy atom. The van der Waals surface area contributed by atoms with E-state index in [-0.39, 0.29) is 22.2 Å². The fourth-order valence-electron chi connectivity index (χ4n) is 2.28. The van der Waals surface area contributed by atoms with Crippen LogP contribution in [-0.2, 0) is 9.47 Å². The van der Waals surface area contributed by atoms with Crippen LogP contribution in [0.2, 0.25) is 5.15 Å². The molecule has 0 saturated carbocycles. The molecule has 1 aliphatic heterocycles. The number of carbonyl (C=O) groups excluding carboxylic acids is 1. The molecule has 2 aromatic rings. The Balaban J connectivity index is 1.85. The van der Waals surface area contributed by atoms with Crippen molar-refractivity contribution in [3.63, 3.8) is 0 Å². The van der Waals surface area contributed by atoms with Crippen LogP contribution in [0.1, 0.15) is 28.6 Å². The zero-order chi connectivity index (χ0) is 17.8. The van der Waals surface area contributed by atoms with Crippen molar-refractivity contribution in [3.05, 3.63) is 62.9 Å². The SMILES string of the molecule is O=C(Oc1ccc(C2OCCCO2)cc1[N+](=O)[O-])c1ccnc(Cl)c1. The van der Waals surface area contributed by atoms with Gasteiger partial charge in [-0.15, -0.1) is 0 Å². The molecule has 0 radical (unpaired) electrons. The molecule has 1 aliphatic rings. The fraction of sp³-hybridized carbons (Fsp3) is 0.250. The van der Waals surface area contributed by atoms with Crippen LogP contribution in [0.4, 0.5) is 5.69 Å². The summed E-state index contributed by atoms with van der Waals surface area (Å²) in [5.74, 6) is -0.951. The third-order valence-electron chi connectivity index (χ3n) is 3.44. The number of halogens is 1. The topological polar surface area (TPSA) is 101 Å². The average molecular weight is 365 g/mol. The summed E-state index contributed by atoms with van der Waals surface area (Å²) in [4.78, 5) is 26.6. The van der Waals surface area contributed by atoms with Crippen LogP contribution < -0.4 is 4.74 Å². The second-order valence-electron chi connectivity index (χ2n) is 5.17. The van der Waals surface area contributed by atoms with E-state index in [4.69, 9.17) is 25.8 Å². The molecular weight excluding hydrogens is 352 g/mol. The number of carbonyl (C=O) groups is 1. The van der Waals surface area contributed by atoms with Gasteiger partial charge in [-0.25, -0.2) is 9.78 Å². The molecule has 1 aromatic heterocycles. The Hall–Kier alpha value is -2.55. The molecule has 8 nitrogen and oxygen atoms in total. The first-order valence-electron chi connectivity index (χ1n) is 7.40. The summed E-state index contributed by atoms with van der Waals surface area (Å²) in [6.45, 7) is 1.02. The number of aromatic nitrogens is 1. The summed E-state index contributed by atoms with van der Waals surface area (Å²) in [5, 5.41) is 11.4. The first-order chi connectivity index (χ1) is 12.0. The van der Waals surface area contributed by atoms with Gasteiger partial charge in [0.1, 0.15) is 5.15 Å². The van der Waals surface area contributed by atoms with E-state index in [2.05, 4.69) is 4.98 Å². The van der Waals surface area contributed by atoms with Crippen molar-refractivity contribution < 1.29 is 23.9 Å². The van der Waals surface area contributed by atoms with Gasteiger partial charge in [0.15, 0.2) is 6.29 Å². The minimum absolute atomic E-state index is 0.117. The maximum Gasteiger partial charge on any atom is 0.343 e. The van der Waals surface area contributed by atoms with Gasteiger partial charge in [0.05, 0.1) is 23.7 Å². The number of pyridine rings is 1. The largest absolute Gasteiger partial charge is 0.416 e. The molecule has 130 valence electrons. The van der Waals surface area contributed by atoms with Crippen molar-refractivity contribution >= 4 is 23.3 Å².